The average Bonchev–Trinajstić information content (AvgIpc) is 3.15. The van der Waals surface area contributed by atoms with E-state index in [1.54, 1.807) is 30.1 Å². The topological polar surface area (TPSA) is 69.0 Å². The first-order valence-corrected chi connectivity index (χ1v) is 9.24. The fourth-order valence-corrected chi connectivity index (χ4v) is 2.95. The molecule has 4 aromatic rings. The highest BCUT2D eigenvalue weighted by molar-refractivity contribution is 5.93. The second-order valence-electron chi connectivity index (χ2n) is 6.50. The molecule has 6 nitrogen and oxygen atoms in total. The van der Waals surface area contributed by atoms with Gasteiger partial charge in [0.1, 0.15) is 11.4 Å². The quantitative estimate of drug-likeness (QED) is 0.541. The predicted octanol–water partition coefficient (Wildman–Crippen LogP) is 4.20. The molecule has 4 rings (SSSR count). The molecule has 2 aromatic heterocycles. The summed E-state index contributed by atoms with van der Waals surface area (Å²) in [6, 6.07) is 24.6. The third-order valence-electron chi connectivity index (χ3n) is 4.39. The largest absolute Gasteiger partial charge is 0.439 e. The monoisotopic (exact) mass is 384 g/mol. The summed E-state index contributed by atoms with van der Waals surface area (Å²) in [6.07, 6.45) is 1.68. The lowest BCUT2D eigenvalue weighted by Gasteiger charge is -2.08. The van der Waals surface area contributed by atoms with Crippen LogP contribution in [0.25, 0.3) is 11.3 Å². The van der Waals surface area contributed by atoms with Crippen LogP contribution in [-0.2, 0) is 13.6 Å². The standard InChI is InChI=1S/C23H20N4O2/c1-27-21(15-20(26-27)18-9-3-2-4-10-18)23(28)25-16-17-8-7-11-19(14-17)29-22-12-5-6-13-24-22/h2-15H,16H2,1H3,(H,25,28). The number of carbonyl (C=O) groups is 1. The highest BCUT2D eigenvalue weighted by Gasteiger charge is 2.14. The van der Waals surface area contributed by atoms with Crippen LogP contribution in [-0.4, -0.2) is 20.7 Å². The van der Waals surface area contributed by atoms with E-state index in [0.717, 1.165) is 16.8 Å². The summed E-state index contributed by atoms with van der Waals surface area (Å²) < 4.78 is 7.34. The SMILES string of the molecule is Cn1nc(-c2ccccc2)cc1C(=O)NCc1cccc(Oc2ccccn2)c1. The highest BCUT2D eigenvalue weighted by Crippen LogP contribution is 2.21. The van der Waals surface area contributed by atoms with E-state index in [-0.39, 0.29) is 5.91 Å². The van der Waals surface area contributed by atoms with Crippen molar-refractivity contribution < 1.29 is 9.53 Å². The van der Waals surface area contributed by atoms with E-state index in [9.17, 15) is 4.79 Å². The van der Waals surface area contributed by atoms with E-state index in [2.05, 4.69) is 15.4 Å². The van der Waals surface area contributed by atoms with Crippen molar-refractivity contribution in [3.05, 3.63) is 96.3 Å². The number of nitrogens with zero attached hydrogens (tertiary/aromatic N) is 3. The second kappa shape index (κ2) is 8.39. The van der Waals surface area contributed by atoms with Gasteiger partial charge in [-0.3, -0.25) is 9.48 Å². The molecule has 0 atom stereocenters. The molecule has 2 aromatic carbocycles. The van der Waals surface area contributed by atoms with Crippen LogP contribution in [0.2, 0.25) is 0 Å². The Balaban J connectivity index is 1.42. The lowest BCUT2D eigenvalue weighted by Crippen LogP contribution is -2.25. The Morgan fingerprint density at radius 2 is 1.83 bits per heavy atom. The first-order chi connectivity index (χ1) is 14.2. The summed E-state index contributed by atoms with van der Waals surface area (Å²) in [6.45, 7) is 0.379. The lowest BCUT2D eigenvalue weighted by molar-refractivity contribution is 0.0941. The third-order valence-corrected chi connectivity index (χ3v) is 4.39. The van der Waals surface area contributed by atoms with Gasteiger partial charge in [0.2, 0.25) is 5.88 Å². The molecule has 0 bridgehead atoms. The van der Waals surface area contributed by atoms with Crippen molar-refractivity contribution in [2.45, 2.75) is 6.54 Å². The van der Waals surface area contributed by atoms with Gasteiger partial charge >= 0.3 is 0 Å². The molecule has 0 saturated heterocycles. The Kier molecular flexibility index (Phi) is 5.33. The van der Waals surface area contributed by atoms with Crippen LogP contribution in [0.5, 0.6) is 11.6 Å². The molecule has 0 aliphatic rings. The van der Waals surface area contributed by atoms with Crippen LogP contribution in [0.3, 0.4) is 0 Å². The summed E-state index contributed by atoms with van der Waals surface area (Å²) in [7, 11) is 1.77. The van der Waals surface area contributed by atoms with Crippen molar-refractivity contribution in [1.29, 1.82) is 0 Å². The number of amides is 1. The van der Waals surface area contributed by atoms with Crippen LogP contribution in [0, 0.1) is 0 Å². The molecule has 0 aliphatic heterocycles. The summed E-state index contributed by atoms with van der Waals surface area (Å²) in [4.78, 5) is 16.8. The van der Waals surface area contributed by atoms with Crippen LogP contribution in [0.15, 0.2) is 85.1 Å². The first kappa shape index (κ1) is 18.4. The minimum atomic E-state index is -0.182. The number of aromatic nitrogens is 3. The Hall–Kier alpha value is -3.93. The van der Waals surface area contributed by atoms with Gasteiger partial charge in [0.15, 0.2) is 0 Å². The maximum Gasteiger partial charge on any atom is 0.269 e. The first-order valence-electron chi connectivity index (χ1n) is 9.24. The van der Waals surface area contributed by atoms with Crippen molar-refractivity contribution >= 4 is 5.91 Å². The molecule has 0 saturated carbocycles. The van der Waals surface area contributed by atoms with Gasteiger partial charge in [-0.2, -0.15) is 5.10 Å². The molecule has 6 heteroatoms. The number of carbonyl (C=O) groups excluding carboxylic acids is 1. The van der Waals surface area contributed by atoms with E-state index in [4.69, 9.17) is 4.74 Å². The smallest absolute Gasteiger partial charge is 0.269 e. The van der Waals surface area contributed by atoms with Gasteiger partial charge < -0.3 is 10.1 Å². The molecule has 2 heterocycles. The zero-order valence-electron chi connectivity index (χ0n) is 15.9. The Morgan fingerprint density at radius 3 is 2.62 bits per heavy atom. The van der Waals surface area contributed by atoms with Crippen molar-refractivity contribution in [2.24, 2.45) is 7.05 Å². The number of hydrogen-bond donors (Lipinski definition) is 1. The van der Waals surface area contributed by atoms with Gasteiger partial charge in [-0.05, 0) is 29.8 Å². The molecule has 0 radical (unpaired) electrons. The molecule has 1 N–H and O–H groups in total. The lowest BCUT2D eigenvalue weighted by atomic mass is 10.1. The van der Waals surface area contributed by atoms with Crippen molar-refractivity contribution in [2.75, 3.05) is 0 Å². The maximum absolute atomic E-state index is 12.6. The van der Waals surface area contributed by atoms with E-state index in [1.165, 1.54) is 0 Å². The summed E-state index contributed by atoms with van der Waals surface area (Å²) in [5.74, 6) is 1.01. The van der Waals surface area contributed by atoms with Gasteiger partial charge in [-0.1, -0.05) is 48.5 Å². The Labute approximate surface area is 168 Å². The van der Waals surface area contributed by atoms with Gasteiger partial charge in [-0.25, -0.2) is 4.98 Å². The number of benzene rings is 2. The average molecular weight is 384 g/mol. The number of nitrogens with one attached hydrogen (secondary N) is 1. The van der Waals surface area contributed by atoms with Crippen LogP contribution in [0.1, 0.15) is 16.1 Å². The third kappa shape index (κ3) is 4.50. The minimum absolute atomic E-state index is 0.182. The van der Waals surface area contributed by atoms with Gasteiger partial charge in [-0.15, -0.1) is 0 Å². The second-order valence-corrected chi connectivity index (χ2v) is 6.50. The van der Waals surface area contributed by atoms with E-state index in [1.807, 2.05) is 66.7 Å². The number of rotatable bonds is 6. The van der Waals surface area contributed by atoms with E-state index >= 15 is 0 Å². The number of pyridine rings is 1. The molecular weight excluding hydrogens is 364 g/mol. The molecule has 144 valence electrons. The Morgan fingerprint density at radius 1 is 1.00 bits per heavy atom. The van der Waals surface area contributed by atoms with Crippen LogP contribution in [0.4, 0.5) is 0 Å². The zero-order chi connectivity index (χ0) is 20.1. The van der Waals surface area contributed by atoms with Gasteiger partial charge in [0.05, 0.1) is 5.69 Å². The summed E-state index contributed by atoms with van der Waals surface area (Å²) in [5, 5.41) is 7.39. The molecular formula is C23H20N4O2. The molecule has 1 amide bonds. The number of aryl methyl sites for hydroxylation is 1. The van der Waals surface area contributed by atoms with E-state index in [0.29, 0.717) is 23.9 Å². The highest BCUT2D eigenvalue weighted by atomic mass is 16.5. The van der Waals surface area contributed by atoms with Crippen molar-refractivity contribution in [1.82, 2.24) is 20.1 Å². The molecule has 29 heavy (non-hydrogen) atoms. The summed E-state index contributed by atoms with van der Waals surface area (Å²) >= 11 is 0. The number of hydrogen-bond acceptors (Lipinski definition) is 4. The normalized spacial score (nSPS) is 10.5. The Bertz CT molecular complexity index is 1110. The molecule has 0 spiro atoms. The zero-order valence-corrected chi connectivity index (χ0v) is 15.9. The molecule has 0 aliphatic carbocycles. The van der Waals surface area contributed by atoms with Gasteiger partial charge in [0, 0.05) is 31.4 Å². The fourth-order valence-electron chi connectivity index (χ4n) is 2.95. The summed E-state index contributed by atoms with van der Waals surface area (Å²) in [5.41, 5.74) is 3.17. The number of ether oxygens (including phenoxy) is 1. The minimum Gasteiger partial charge on any atom is -0.439 e. The van der Waals surface area contributed by atoms with Crippen LogP contribution >= 0.6 is 0 Å². The van der Waals surface area contributed by atoms with Crippen LogP contribution < -0.4 is 10.1 Å². The fraction of sp³-hybridized carbons (Fsp3) is 0.0870. The van der Waals surface area contributed by atoms with Crippen molar-refractivity contribution in [3.8, 4) is 22.9 Å². The molecule has 0 fully saturated rings. The predicted molar refractivity (Wildman–Crippen MR) is 111 cm³/mol. The maximum atomic E-state index is 12.6. The molecule has 0 unspecified atom stereocenters. The van der Waals surface area contributed by atoms with E-state index < -0.39 is 0 Å². The van der Waals surface area contributed by atoms with Gasteiger partial charge in [0.25, 0.3) is 5.91 Å². The van der Waals surface area contributed by atoms with Crippen molar-refractivity contribution in [3.63, 3.8) is 0 Å².